The number of β-amino-alcohol motifs (C(OH)–C–C–N with tert-alkyl or cyclic N) is 1. The summed E-state index contributed by atoms with van der Waals surface area (Å²) < 4.78 is 37.4. The van der Waals surface area contributed by atoms with Crippen LogP contribution in [0.4, 0.5) is 0 Å². The molecule has 2 rings (SSSR count). The number of para-hydroxylation sites is 1. The summed E-state index contributed by atoms with van der Waals surface area (Å²) in [4.78, 5) is -0.0439. The number of rotatable bonds is 15. The van der Waals surface area contributed by atoms with E-state index in [9.17, 15) is 13.5 Å². The molecule has 10 heteroatoms. The van der Waals surface area contributed by atoms with Gasteiger partial charge in [0, 0.05) is 18.6 Å². The zero-order valence-electron chi connectivity index (χ0n) is 21.6. The van der Waals surface area contributed by atoms with Crippen molar-refractivity contribution in [1.29, 1.82) is 0 Å². The van der Waals surface area contributed by atoms with Gasteiger partial charge in [0.1, 0.15) is 29.1 Å². The zero-order chi connectivity index (χ0) is 27.0. The van der Waals surface area contributed by atoms with E-state index in [0.717, 1.165) is 22.0 Å². The van der Waals surface area contributed by atoms with Crippen molar-refractivity contribution in [2.45, 2.75) is 68.0 Å². The number of nitrogens with one attached hydrogen (secondary N) is 1. The van der Waals surface area contributed by atoms with Crippen molar-refractivity contribution < 1.29 is 23.0 Å². The number of aliphatic hydroxyl groups is 1. The number of benzene rings is 2. The number of hydrogen-bond acceptors (Lipinski definition) is 6. The first kappa shape index (κ1) is 30.7. The maximum absolute atomic E-state index is 13.5. The molecule has 0 spiro atoms. The molecule has 0 aliphatic heterocycles. The van der Waals surface area contributed by atoms with Gasteiger partial charge in [0.05, 0.1) is 7.11 Å². The molecular formula is C26H38Cl2N2O5S. The van der Waals surface area contributed by atoms with Crippen LogP contribution in [-0.2, 0) is 16.4 Å². The third kappa shape index (κ3) is 8.50. The molecule has 0 aliphatic rings. The number of sulfonamides is 1. The van der Waals surface area contributed by atoms with Crippen molar-refractivity contribution in [3.05, 3.63) is 54.1 Å². The second-order valence-electron chi connectivity index (χ2n) is 9.30. The van der Waals surface area contributed by atoms with Gasteiger partial charge in [0.25, 0.3) is 0 Å². The standard InChI is InChI=1S/C26H38Cl2N2O5S/c1-6-16-30(26(27,28)7-2)36(32,33)24-11-9-8-10-23(24)35-19-21(31)18-29-25(3,4)17-20-12-14-22(34-5)15-13-20/h8-15,21,29,31H,6-7,16-19H2,1-5H3/t21-/m1/s1. The highest BCUT2D eigenvalue weighted by Gasteiger charge is 2.40. The summed E-state index contributed by atoms with van der Waals surface area (Å²) in [6.07, 6.45) is 0.642. The lowest BCUT2D eigenvalue weighted by molar-refractivity contribution is 0.0973. The molecule has 0 bridgehead atoms. The summed E-state index contributed by atoms with van der Waals surface area (Å²) in [5.41, 5.74) is 0.846. The smallest absolute Gasteiger partial charge is 0.249 e. The Morgan fingerprint density at radius 2 is 1.72 bits per heavy atom. The maximum atomic E-state index is 13.5. The molecule has 0 radical (unpaired) electrons. The number of ether oxygens (including phenoxy) is 2. The Kier molecular flexibility index (Phi) is 11.3. The highest BCUT2D eigenvalue weighted by atomic mass is 35.5. The molecule has 0 saturated carbocycles. The van der Waals surface area contributed by atoms with Crippen LogP contribution in [0.25, 0.3) is 0 Å². The van der Waals surface area contributed by atoms with E-state index in [2.05, 4.69) is 5.32 Å². The van der Waals surface area contributed by atoms with Crippen molar-refractivity contribution in [3.63, 3.8) is 0 Å². The largest absolute Gasteiger partial charge is 0.497 e. The Labute approximate surface area is 225 Å². The van der Waals surface area contributed by atoms with Crippen molar-refractivity contribution in [1.82, 2.24) is 9.62 Å². The fraction of sp³-hybridized carbons (Fsp3) is 0.538. The predicted molar refractivity (Wildman–Crippen MR) is 146 cm³/mol. The minimum absolute atomic E-state index is 0.0439. The quantitative estimate of drug-likeness (QED) is 0.235. The van der Waals surface area contributed by atoms with E-state index < -0.39 is 20.6 Å². The minimum Gasteiger partial charge on any atom is -0.497 e. The van der Waals surface area contributed by atoms with Gasteiger partial charge in [-0.2, -0.15) is 4.31 Å². The molecule has 0 aromatic heterocycles. The molecule has 2 N–H and O–H groups in total. The fourth-order valence-corrected chi connectivity index (χ4v) is 6.18. The van der Waals surface area contributed by atoms with E-state index in [1.165, 1.54) is 6.07 Å². The molecule has 7 nitrogen and oxygen atoms in total. The first-order valence-electron chi connectivity index (χ1n) is 12.0. The van der Waals surface area contributed by atoms with E-state index in [4.69, 9.17) is 32.7 Å². The van der Waals surface area contributed by atoms with E-state index in [0.29, 0.717) is 6.42 Å². The predicted octanol–water partition coefficient (Wildman–Crippen LogP) is 4.99. The van der Waals surface area contributed by atoms with Gasteiger partial charge in [0.15, 0.2) is 4.46 Å². The van der Waals surface area contributed by atoms with Crippen LogP contribution in [-0.4, -0.2) is 60.7 Å². The van der Waals surface area contributed by atoms with Crippen LogP contribution >= 0.6 is 23.2 Å². The zero-order valence-corrected chi connectivity index (χ0v) is 24.0. The Balaban J connectivity index is 2.05. The van der Waals surface area contributed by atoms with Crippen LogP contribution in [0.15, 0.2) is 53.4 Å². The van der Waals surface area contributed by atoms with Gasteiger partial charge >= 0.3 is 0 Å². The second-order valence-corrected chi connectivity index (χ2v) is 12.6. The van der Waals surface area contributed by atoms with E-state index in [1.54, 1.807) is 32.2 Å². The monoisotopic (exact) mass is 560 g/mol. The topological polar surface area (TPSA) is 88.1 Å². The number of nitrogens with zero attached hydrogens (tertiary/aromatic N) is 1. The summed E-state index contributed by atoms with van der Waals surface area (Å²) in [6, 6.07) is 14.2. The van der Waals surface area contributed by atoms with Crippen LogP contribution in [0.1, 0.15) is 46.1 Å². The normalized spacial score (nSPS) is 13.6. The van der Waals surface area contributed by atoms with Crippen molar-refractivity contribution in [2.24, 2.45) is 0 Å². The van der Waals surface area contributed by atoms with Gasteiger partial charge in [-0.05, 0) is 62.9 Å². The van der Waals surface area contributed by atoms with Gasteiger partial charge in [-0.15, -0.1) is 0 Å². The van der Waals surface area contributed by atoms with Gasteiger partial charge in [-0.3, -0.25) is 0 Å². The summed E-state index contributed by atoms with van der Waals surface area (Å²) >= 11 is 12.7. The van der Waals surface area contributed by atoms with E-state index >= 15 is 0 Å². The SMILES string of the molecule is CCCN(C(Cl)(Cl)CC)S(=O)(=O)c1ccccc1OC[C@H](O)CNC(C)(C)Cc1ccc(OC)cc1. The van der Waals surface area contributed by atoms with Crippen LogP contribution in [0.3, 0.4) is 0 Å². The number of hydrogen-bond donors (Lipinski definition) is 2. The van der Waals surface area contributed by atoms with Crippen LogP contribution in [0.5, 0.6) is 11.5 Å². The Morgan fingerprint density at radius 3 is 2.31 bits per heavy atom. The fourth-order valence-electron chi connectivity index (χ4n) is 3.70. The first-order valence-corrected chi connectivity index (χ1v) is 14.2. The number of alkyl halides is 2. The lowest BCUT2D eigenvalue weighted by Crippen LogP contribution is -2.46. The average molecular weight is 562 g/mol. The van der Waals surface area contributed by atoms with Crippen LogP contribution in [0, 0.1) is 0 Å². The lowest BCUT2D eigenvalue weighted by Gasteiger charge is -2.32. The summed E-state index contributed by atoms with van der Waals surface area (Å²) in [5, 5.41) is 13.9. The number of halogens is 2. The highest BCUT2D eigenvalue weighted by Crippen LogP contribution is 2.37. The van der Waals surface area contributed by atoms with Crippen molar-refractivity contribution >= 4 is 33.2 Å². The number of aliphatic hydroxyl groups excluding tert-OH is 1. The molecule has 2 aromatic carbocycles. The molecule has 36 heavy (non-hydrogen) atoms. The van der Waals surface area contributed by atoms with Gasteiger partial charge in [-0.25, -0.2) is 8.42 Å². The Bertz CT molecular complexity index is 1060. The van der Waals surface area contributed by atoms with E-state index in [-0.39, 0.29) is 42.3 Å². The van der Waals surface area contributed by atoms with Crippen LogP contribution in [0.2, 0.25) is 0 Å². The molecule has 2 aromatic rings. The van der Waals surface area contributed by atoms with Gasteiger partial charge < -0.3 is 19.9 Å². The molecule has 0 fully saturated rings. The Morgan fingerprint density at radius 1 is 1.08 bits per heavy atom. The molecule has 0 aliphatic carbocycles. The molecular weight excluding hydrogens is 523 g/mol. The molecule has 0 unspecified atom stereocenters. The number of methoxy groups -OCH3 is 1. The first-order chi connectivity index (χ1) is 16.9. The average Bonchev–Trinajstić information content (AvgIpc) is 2.85. The molecule has 0 heterocycles. The molecule has 1 atom stereocenters. The van der Waals surface area contributed by atoms with Gasteiger partial charge in [0.2, 0.25) is 10.0 Å². The molecule has 202 valence electrons. The highest BCUT2D eigenvalue weighted by molar-refractivity contribution is 7.89. The summed E-state index contributed by atoms with van der Waals surface area (Å²) in [5.74, 6) is 0.935. The Hall–Kier alpha value is -1.55. The summed E-state index contributed by atoms with van der Waals surface area (Å²) in [6.45, 7) is 8.01. The molecule has 0 saturated heterocycles. The third-order valence-corrected chi connectivity index (χ3v) is 8.80. The van der Waals surface area contributed by atoms with Gasteiger partial charge in [-0.1, -0.05) is 61.3 Å². The molecule has 0 amide bonds. The van der Waals surface area contributed by atoms with Crippen LogP contribution < -0.4 is 14.8 Å². The van der Waals surface area contributed by atoms with E-state index in [1.807, 2.05) is 45.0 Å². The maximum Gasteiger partial charge on any atom is 0.249 e. The second kappa shape index (κ2) is 13.3. The lowest BCUT2D eigenvalue weighted by atomic mass is 9.94. The minimum atomic E-state index is -4.05. The van der Waals surface area contributed by atoms with Crippen molar-refractivity contribution in [3.8, 4) is 11.5 Å². The van der Waals surface area contributed by atoms with Crippen molar-refractivity contribution in [2.75, 3.05) is 26.8 Å². The summed E-state index contributed by atoms with van der Waals surface area (Å²) in [7, 11) is -2.42. The third-order valence-electron chi connectivity index (χ3n) is 5.69.